The summed E-state index contributed by atoms with van der Waals surface area (Å²) in [5.41, 5.74) is 0.251. The van der Waals surface area contributed by atoms with Crippen LogP contribution in [0.3, 0.4) is 0 Å². The van der Waals surface area contributed by atoms with Crippen LogP contribution in [0.15, 0.2) is 42.5 Å². The molecule has 3 atom stereocenters. The van der Waals surface area contributed by atoms with Gasteiger partial charge in [-0.3, -0.25) is 4.79 Å². The molecule has 0 aromatic heterocycles. The molecular formula is C22H24N4O3. The molecule has 3 aliphatic rings. The molecule has 5 amide bonds. The van der Waals surface area contributed by atoms with Crippen LogP contribution in [-0.4, -0.2) is 58.0 Å². The highest BCUT2D eigenvalue weighted by Gasteiger charge is 2.63. The number of rotatable bonds is 1. The lowest BCUT2D eigenvalue weighted by Crippen LogP contribution is -2.59. The standard InChI is InChI=1S/C22H24N4O3/c1-22(2,3)23-20(28)24-12-14-11-17(24)18-19(27)26(21(29)25(14)18)16-10-6-8-13-7-4-5-9-15(13)16/h4-10,14,17-18H,11-12H2,1-3H3,(H,23,28)/t14-,17-,18-/m0/s1. The summed E-state index contributed by atoms with van der Waals surface area (Å²) in [5.74, 6) is -0.243. The summed E-state index contributed by atoms with van der Waals surface area (Å²) in [6.45, 7) is 6.25. The molecule has 3 fully saturated rings. The second-order valence-corrected chi connectivity index (χ2v) is 9.10. The zero-order valence-electron chi connectivity index (χ0n) is 16.8. The maximum atomic E-state index is 13.4. The molecule has 2 aromatic carbocycles. The molecule has 0 unspecified atom stereocenters. The van der Waals surface area contributed by atoms with Crippen molar-refractivity contribution < 1.29 is 14.4 Å². The van der Waals surface area contributed by atoms with Crippen LogP contribution in [0.2, 0.25) is 0 Å². The molecule has 3 aliphatic heterocycles. The van der Waals surface area contributed by atoms with Gasteiger partial charge in [-0.25, -0.2) is 14.5 Å². The Balaban J connectivity index is 1.48. The number of urea groups is 2. The maximum absolute atomic E-state index is 13.4. The Morgan fingerprint density at radius 1 is 1.07 bits per heavy atom. The second kappa shape index (κ2) is 5.95. The molecule has 7 heteroatoms. The second-order valence-electron chi connectivity index (χ2n) is 9.10. The molecule has 2 aromatic rings. The summed E-state index contributed by atoms with van der Waals surface area (Å²) < 4.78 is 0. The minimum Gasteiger partial charge on any atom is -0.333 e. The van der Waals surface area contributed by atoms with Gasteiger partial charge in [0.2, 0.25) is 0 Å². The topological polar surface area (TPSA) is 73.0 Å². The number of fused-ring (bicyclic) bond motifs is 6. The van der Waals surface area contributed by atoms with Crippen LogP contribution in [0, 0.1) is 0 Å². The van der Waals surface area contributed by atoms with E-state index in [1.54, 1.807) is 9.80 Å². The van der Waals surface area contributed by atoms with E-state index in [1.807, 2.05) is 63.2 Å². The van der Waals surface area contributed by atoms with Crippen LogP contribution in [0.25, 0.3) is 10.8 Å². The van der Waals surface area contributed by atoms with Crippen molar-refractivity contribution in [2.24, 2.45) is 0 Å². The van der Waals surface area contributed by atoms with Gasteiger partial charge in [-0.05, 0) is 38.6 Å². The summed E-state index contributed by atoms with van der Waals surface area (Å²) in [6, 6.07) is 11.9. The number of nitrogens with one attached hydrogen (secondary N) is 1. The highest BCUT2D eigenvalue weighted by molar-refractivity contribution is 6.25. The van der Waals surface area contributed by atoms with Gasteiger partial charge in [-0.2, -0.15) is 0 Å². The van der Waals surface area contributed by atoms with Crippen LogP contribution in [0.4, 0.5) is 15.3 Å². The SMILES string of the molecule is CC(C)(C)NC(=O)N1C[C@@H]2C[C@H]1[C@H]1C(=O)N(c3cccc4ccccc34)C(=O)N21. The number of carbonyl (C=O) groups excluding carboxylic acids is 3. The van der Waals surface area contributed by atoms with Crippen molar-refractivity contribution in [3.63, 3.8) is 0 Å². The van der Waals surface area contributed by atoms with Crippen molar-refractivity contribution in [2.45, 2.75) is 50.9 Å². The van der Waals surface area contributed by atoms with E-state index < -0.39 is 6.04 Å². The Bertz CT molecular complexity index is 1040. The molecule has 29 heavy (non-hydrogen) atoms. The third-order valence-corrected chi connectivity index (χ3v) is 6.01. The number of imide groups is 1. The zero-order valence-corrected chi connectivity index (χ0v) is 16.8. The number of anilines is 1. The lowest BCUT2D eigenvalue weighted by atomic mass is 10.1. The Morgan fingerprint density at radius 2 is 1.79 bits per heavy atom. The summed E-state index contributed by atoms with van der Waals surface area (Å²) >= 11 is 0. The lowest BCUT2D eigenvalue weighted by molar-refractivity contribution is -0.120. The normalized spacial score (nSPS) is 25.9. The van der Waals surface area contributed by atoms with Gasteiger partial charge in [-0.15, -0.1) is 0 Å². The smallest absolute Gasteiger partial charge is 0.332 e. The summed E-state index contributed by atoms with van der Waals surface area (Å²) in [5, 5.41) is 4.82. The average Bonchev–Trinajstić information content (AvgIpc) is 3.32. The minimum atomic E-state index is -0.606. The number of nitrogens with zero attached hydrogens (tertiary/aromatic N) is 3. The van der Waals surface area contributed by atoms with Gasteiger partial charge < -0.3 is 15.1 Å². The molecule has 5 rings (SSSR count). The number of amides is 5. The van der Waals surface area contributed by atoms with Crippen LogP contribution >= 0.6 is 0 Å². The van der Waals surface area contributed by atoms with E-state index in [4.69, 9.17) is 0 Å². The van der Waals surface area contributed by atoms with E-state index in [9.17, 15) is 14.4 Å². The van der Waals surface area contributed by atoms with Crippen LogP contribution in [0.5, 0.6) is 0 Å². The zero-order chi connectivity index (χ0) is 20.5. The van der Waals surface area contributed by atoms with Crippen molar-refractivity contribution in [3.05, 3.63) is 42.5 Å². The maximum Gasteiger partial charge on any atom is 0.332 e. The summed E-state index contributed by atoms with van der Waals surface area (Å²) in [6.07, 6.45) is 0.656. The Labute approximate surface area is 169 Å². The Kier molecular flexibility index (Phi) is 3.69. The van der Waals surface area contributed by atoms with E-state index >= 15 is 0 Å². The van der Waals surface area contributed by atoms with E-state index in [1.165, 1.54) is 4.90 Å². The summed E-state index contributed by atoms with van der Waals surface area (Å²) in [7, 11) is 0. The van der Waals surface area contributed by atoms with Gasteiger partial charge in [0.05, 0.1) is 17.8 Å². The molecule has 0 aliphatic carbocycles. The molecule has 0 spiro atoms. The number of hydrogen-bond acceptors (Lipinski definition) is 3. The van der Waals surface area contributed by atoms with Crippen molar-refractivity contribution >= 4 is 34.4 Å². The Hall–Kier alpha value is -3.09. The lowest BCUT2D eigenvalue weighted by Gasteiger charge is -2.36. The molecule has 0 radical (unpaired) electrons. The molecule has 3 heterocycles. The van der Waals surface area contributed by atoms with Crippen molar-refractivity contribution in [1.29, 1.82) is 0 Å². The highest BCUT2D eigenvalue weighted by atomic mass is 16.2. The predicted octanol–water partition coefficient (Wildman–Crippen LogP) is 2.94. The molecule has 0 saturated carbocycles. The first-order valence-electron chi connectivity index (χ1n) is 9.99. The third-order valence-electron chi connectivity index (χ3n) is 6.01. The molecule has 3 saturated heterocycles. The minimum absolute atomic E-state index is 0.118. The van der Waals surface area contributed by atoms with Crippen molar-refractivity contribution in [1.82, 2.24) is 15.1 Å². The molecule has 2 bridgehead atoms. The van der Waals surface area contributed by atoms with E-state index in [-0.39, 0.29) is 35.6 Å². The largest absolute Gasteiger partial charge is 0.333 e. The first-order valence-corrected chi connectivity index (χ1v) is 9.99. The number of benzene rings is 2. The molecular weight excluding hydrogens is 368 g/mol. The average molecular weight is 392 g/mol. The van der Waals surface area contributed by atoms with Gasteiger partial charge in [0.1, 0.15) is 6.04 Å². The van der Waals surface area contributed by atoms with Gasteiger partial charge in [0.25, 0.3) is 5.91 Å². The van der Waals surface area contributed by atoms with Crippen LogP contribution in [-0.2, 0) is 4.79 Å². The van der Waals surface area contributed by atoms with E-state index in [2.05, 4.69) is 5.32 Å². The molecule has 1 N–H and O–H groups in total. The van der Waals surface area contributed by atoms with Gasteiger partial charge in [-0.1, -0.05) is 36.4 Å². The fourth-order valence-electron chi connectivity index (χ4n) is 4.91. The number of carbonyl (C=O) groups is 3. The fraction of sp³-hybridized carbons (Fsp3) is 0.409. The quantitative estimate of drug-likeness (QED) is 0.759. The van der Waals surface area contributed by atoms with E-state index in [0.717, 1.165) is 10.8 Å². The predicted molar refractivity (Wildman–Crippen MR) is 110 cm³/mol. The van der Waals surface area contributed by atoms with Crippen molar-refractivity contribution in [2.75, 3.05) is 11.4 Å². The van der Waals surface area contributed by atoms with Gasteiger partial charge in [0.15, 0.2) is 0 Å². The van der Waals surface area contributed by atoms with E-state index in [0.29, 0.717) is 18.7 Å². The van der Waals surface area contributed by atoms with Crippen LogP contribution in [0.1, 0.15) is 27.2 Å². The first kappa shape index (κ1) is 18.0. The van der Waals surface area contributed by atoms with Crippen molar-refractivity contribution in [3.8, 4) is 0 Å². The molecule has 7 nitrogen and oxygen atoms in total. The summed E-state index contributed by atoms with van der Waals surface area (Å²) in [4.78, 5) is 44.1. The number of piperazine rings is 1. The third kappa shape index (κ3) is 2.60. The number of hydrogen-bond donors (Lipinski definition) is 1. The monoisotopic (exact) mass is 392 g/mol. The van der Waals surface area contributed by atoms with Crippen LogP contribution < -0.4 is 10.2 Å². The van der Waals surface area contributed by atoms with Gasteiger partial charge in [0, 0.05) is 17.5 Å². The number of likely N-dealkylation sites (tertiary alicyclic amines) is 1. The highest BCUT2D eigenvalue weighted by Crippen LogP contribution is 2.43. The van der Waals surface area contributed by atoms with Gasteiger partial charge >= 0.3 is 12.1 Å². The fourth-order valence-corrected chi connectivity index (χ4v) is 4.91. The first-order chi connectivity index (χ1) is 13.8. The molecule has 150 valence electrons. The Morgan fingerprint density at radius 3 is 2.55 bits per heavy atom.